The van der Waals surface area contributed by atoms with Crippen LogP contribution in [0, 0.1) is 0 Å². The molecule has 1 aliphatic rings. The van der Waals surface area contributed by atoms with Gasteiger partial charge in [0.25, 0.3) is 0 Å². The number of amides is 1. The molecule has 0 saturated carbocycles. The van der Waals surface area contributed by atoms with Gasteiger partial charge in [0, 0.05) is 0 Å². The average molecular weight is 250 g/mol. The summed E-state index contributed by atoms with van der Waals surface area (Å²) in [4.78, 5) is 23.6. The van der Waals surface area contributed by atoms with Crippen molar-refractivity contribution in [3.8, 4) is 0 Å². The first-order valence-corrected chi connectivity index (χ1v) is 5.62. The van der Waals surface area contributed by atoms with Gasteiger partial charge in [0.1, 0.15) is 0 Å². The summed E-state index contributed by atoms with van der Waals surface area (Å²) in [6, 6.07) is -0.577. The van der Waals surface area contributed by atoms with Crippen molar-refractivity contribution in [2.45, 2.75) is 30.6 Å². The Labute approximate surface area is 85.1 Å². The number of hydrogen-bond donors (Lipinski definition) is 1. The van der Waals surface area contributed by atoms with Gasteiger partial charge in [-0.3, -0.25) is 0 Å². The average Bonchev–Trinajstić information content (AvgIpc) is 2.52. The van der Waals surface area contributed by atoms with Gasteiger partial charge in [-0.15, -0.1) is 0 Å². The van der Waals surface area contributed by atoms with Crippen molar-refractivity contribution in [3.63, 3.8) is 0 Å². The molecule has 1 atom stereocenters. The molecular formula is C8H13NO3Se. The number of likely N-dealkylation sites (tertiary alicyclic amines) is 1. The number of carboxylic acids is 1. The second-order valence-corrected chi connectivity index (χ2v) is 4.00. The van der Waals surface area contributed by atoms with E-state index >= 15 is 0 Å². The molecular weight excluding hydrogens is 237 g/mol. The molecule has 0 spiro atoms. The molecule has 74 valence electrons. The maximum absolute atomic E-state index is 11.4. The minimum atomic E-state index is -0.878. The van der Waals surface area contributed by atoms with E-state index in [-0.39, 0.29) is 5.91 Å². The van der Waals surface area contributed by atoms with Crippen LogP contribution in [0.25, 0.3) is 0 Å². The van der Waals surface area contributed by atoms with E-state index in [1.807, 2.05) is 0 Å². The molecule has 0 bridgehead atoms. The molecule has 1 saturated heterocycles. The Hall–Kier alpha value is -0.541. The molecule has 1 heterocycles. The summed E-state index contributed by atoms with van der Waals surface area (Å²) in [7, 11) is 0. The third-order valence-corrected chi connectivity index (χ3v) is 2.65. The monoisotopic (exact) mass is 251 g/mol. The number of carbonyl (C=O) groups is 2. The van der Waals surface area contributed by atoms with Crippen LogP contribution in [0.2, 0.25) is 5.32 Å². The number of carbonyl (C=O) groups excluding carboxylic acids is 1. The molecule has 0 aromatic carbocycles. The fourth-order valence-corrected chi connectivity index (χ4v) is 1.96. The van der Waals surface area contributed by atoms with Crippen LogP contribution in [-0.2, 0) is 9.59 Å². The van der Waals surface area contributed by atoms with Crippen LogP contribution in [0.3, 0.4) is 0 Å². The fourth-order valence-electron chi connectivity index (χ4n) is 1.56. The van der Waals surface area contributed by atoms with Crippen molar-refractivity contribution in [3.05, 3.63) is 0 Å². The maximum atomic E-state index is 11.4. The first kappa shape index (κ1) is 10.5. The van der Waals surface area contributed by atoms with Crippen LogP contribution in [-0.4, -0.2) is 50.5 Å². The first-order chi connectivity index (χ1) is 6.16. The van der Waals surface area contributed by atoms with Gasteiger partial charge in [-0.05, 0) is 0 Å². The van der Waals surface area contributed by atoms with E-state index < -0.39 is 12.0 Å². The van der Waals surface area contributed by atoms with Crippen molar-refractivity contribution in [1.82, 2.24) is 4.90 Å². The van der Waals surface area contributed by atoms with Gasteiger partial charge in [0.05, 0.1) is 0 Å². The van der Waals surface area contributed by atoms with Gasteiger partial charge in [-0.2, -0.15) is 0 Å². The van der Waals surface area contributed by atoms with Crippen molar-refractivity contribution in [2.75, 3.05) is 6.54 Å². The van der Waals surface area contributed by atoms with Crippen molar-refractivity contribution in [2.24, 2.45) is 0 Å². The van der Waals surface area contributed by atoms with Gasteiger partial charge in [-0.1, -0.05) is 0 Å². The molecule has 1 aliphatic heterocycles. The Balaban J connectivity index is 2.57. The van der Waals surface area contributed by atoms with Gasteiger partial charge in [0.2, 0.25) is 0 Å². The Morgan fingerprint density at radius 2 is 2.23 bits per heavy atom. The van der Waals surface area contributed by atoms with E-state index in [0.717, 1.165) is 6.42 Å². The molecule has 0 unspecified atom stereocenters. The quantitative estimate of drug-likeness (QED) is 0.704. The molecule has 0 aromatic rings. The molecule has 0 radical (unpaired) electrons. The summed E-state index contributed by atoms with van der Waals surface area (Å²) in [6.45, 7) is 0.600. The SMILES string of the molecule is O=C(O)[C@@H]1CCCN1C(=O)CC[SeH]. The van der Waals surface area contributed by atoms with E-state index in [0.29, 0.717) is 24.7 Å². The molecule has 1 amide bonds. The van der Waals surface area contributed by atoms with E-state index in [1.165, 1.54) is 4.90 Å². The number of aliphatic carboxylic acids is 1. The third-order valence-electron chi connectivity index (χ3n) is 2.18. The Bertz CT molecular complexity index is 219. The number of hydrogen-bond acceptors (Lipinski definition) is 2. The third kappa shape index (κ3) is 2.45. The van der Waals surface area contributed by atoms with Gasteiger partial charge in [0.15, 0.2) is 0 Å². The summed E-state index contributed by atoms with van der Waals surface area (Å²) in [5.41, 5.74) is 0. The fraction of sp³-hybridized carbons (Fsp3) is 0.750. The van der Waals surface area contributed by atoms with E-state index in [2.05, 4.69) is 16.0 Å². The van der Waals surface area contributed by atoms with Crippen LogP contribution in [0.4, 0.5) is 0 Å². The van der Waals surface area contributed by atoms with Crippen LogP contribution in [0.15, 0.2) is 0 Å². The number of nitrogens with zero attached hydrogens (tertiary/aromatic N) is 1. The number of carboxylic acid groups (broad SMARTS) is 1. The second-order valence-electron chi connectivity index (χ2n) is 3.06. The summed E-state index contributed by atoms with van der Waals surface area (Å²) in [5, 5.41) is 9.52. The van der Waals surface area contributed by atoms with Gasteiger partial charge in [-0.25, -0.2) is 0 Å². The second kappa shape index (κ2) is 4.63. The summed E-state index contributed by atoms with van der Waals surface area (Å²) >= 11 is 2.33. The summed E-state index contributed by atoms with van der Waals surface area (Å²) < 4.78 is 0. The van der Waals surface area contributed by atoms with Gasteiger partial charge >= 0.3 is 84.7 Å². The molecule has 0 aliphatic carbocycles. The standard InChI is InChI=1S/C8H13NO3Se/c10-7(3-5-13)9-4-1-2-6(9)8(11)12/h6,13H,1-5H2,(H,11,12)/t6-/m0/s1. The predicted molar refractivity (Wildman–Crippen MR) is 48.9 cm³/mol. The zero-order valence-corrected chi connectivity index (χ0v) is 9.15. The van der Waals surface area contributed by atoms with Crippen molar-refractivity contribution >= 4 is 27.9 Å². The van der Waals surface area contributed by atoms with E-state index in [4.69, 9.17) is 5.11 Å². The molecule has 1 fully saturated rings. The van der Waals surface area contributed by atoms with Gasteiger partial charge < -0.3 is 0 Å². The molecule has 1 rings (SSSR count). The zero-order valence-electron chi connectivity index (χ0n) is 7.27. The summed E-state index contributed by atoms with van der Waals surface area (Å²) in [5.74, 6) is -0.915. The predicted octanol–water partition coefficient (Wildman–Crippen LogP) is -0.229. The topological polar surface area (TPSA) is 57.6 Å². The molecule has 1 N–H and O–H groups in total. The van der Waals surface area contributed by atoms with E-state index in [1.54, 1.807) is 0 Å². The Morgan fingerprint density at radius 1 is 1.54 bits per heavy atom. The molecule has 4 nitrogen and oxygen atoms in total. The van der Waals surface area contributed by atoms with Crippen molar-refractivity contribution in [1.29, 1.82) is 0 Å². The Morgan fingerprint density at radius 3 is 2.77 bits per heavy atom. The first-order valence-electron chi connectivity index (χ1n) is 4.30. The minimum absolute atomic E-state index is 0.0366. The van der Waals surface area contributed by atoms with Crippen LogP contribution in [0.5, 0.6) is 0 Å². The molecule has 13 heavy (non-hydrogen) atoms. The van der Waals surface area contributed by atoms with Crippen LogP contribution >= 0.6 is 0 Å². The zero-order chi connectivity index (χ0) is 9.84. The molecule has 5 heteroatoms. The van der Waals surface area contributed by atoms with Crippen LogP contribution < -0.4 is 0 Å². The van der Waals surface area contributed by atoms with Crippen LogP contribution in [0.1, 0.15) is 19.3 Å². The van der Waals surface area contributed by atoms with Crippen molar-refractivity contribution < 1.29 is 14.7 Å². The Kier molecular flexibility index (Phi) is 3.75. The van der Waals surface area contributed by atoms with E-state index in [9.17, 15) is 9.59 Å². The normalized spacial score (nSPS) is 21.9. The molecule has 0 aromatic heterocycles. The number of rotatable bonds is 3. The summed E-state index contributed by atoms with van der Waals surface area (Å²) in [6.07, 6.45) is 1.84.